The summed E-state index contributed by atoms with van der Waals surface area (Å²) in [6.07, 6.45) is 0. The minimum atomic E-state index is -1.15. The Hall–Kier alpha value is -1.91. The minimum Gasteiger partial charge on any atom is -0.478 e. The number of carboxylic acid groups (broad SMARTS) is 1. The van der Waals surface area contributed by atoms with Gasteiger partial charge in [0.15, 0.2) is 5.43 Å². The third-order valence-electron chi connectivity index (χ3n) is 2.88. The lowest BCUT2D eigenvalue weighted by atomic mass is 10.1. The second-order valence-electron chi connectivity index (χ2n) is 4.06. The quantitative estimate of drug-likeness (QED) is 0.694. The van der Waals surface area contributed by atoms with Crippen LogP contribution in [0.25, 0.3) is 20.2 Å². The van der Waals surface area contributed by atoms with Crippen molar-refractivity contribution in [1.82, 2.24) is 0 Å². The van der Waals surface area contributed by atoms with Gasteiger partial charge in [-0.05, 0) is 24.3 Å². The van der Waals surface area contributed by atoms with Crippen molar-refractivity contribution in [2.24, 2.45) is 0 Å². The fourth-order valence-electron chi connectivity index (χ4n) is 2.06. The first kappa shape index (κ1) is 12.1. The van der Waals surface area contributed by atoms with Gasteiger partial charge in [0.2, 0.25) is 0 Å². The van der Waals surface area contributed by atoms with Gasteiger partial charge in [0, 0.05) is 19.8 Å². The Morgan fingerprint density at radius 2 is 1.89 bits per heavy atom. The Morgan fingerprint density at radius 1 is 1.16 bits per heavy atom. The summed E-state index contributed by atoms with van der Waals surface area (Å²) in [4.78, 5) is 23.7. The van der Waals surface area contributed by atoms with Crippen LogP contribution in [0.5, 0.6) is 0 Å². The van der Waals surface area contributed by atoms with Gasteiger partial charge in [-0.3, -0.25) is 4.79 Å². The molecule has 0 fully saturated rings. The molecule has 1 aromatic heterocycles. The third-order valence-corrected chi connectivity index (χ3v) is 4.21. The predicted octanol–water partition coefficient (Wildman–Crippen LogP) is 3.77. The monoisotopic (exact) mass is 290 g/mol. The molecule has 0 radical (unpaired) electrons. The van der Waals surface area contributed by atoms with Crippen LogP contribution >= 0.6 is 22.9 Å². The average molecular weight is 291 g/mol. The molecule has 0 bridgehead atoms. The third kappa shape index (κ3) is 1.89. The van der Waals surface area contributed by atoms with Gasteiger partial charge >= 0.3 is 5.97 Å². The van der Waals surface area contributed by atoms with Gasteiger partial charge in [0.1, 0.15) is 0 Å². The molecular weight excluding hydrogens is 284 g/mol. The molecule has 94 valence electrons. The van der Waals surface area contributed by atoms with Crippen LogP contribution in [-0.4, -0.2) is 11.1 Å². The zero-order valence-corrected chi connectivity index (χ0v) is 11.1. The van der Waals surface area contributed by atoms with Gasteiger partial charge in [0.25, 0.3) is 0 Å². The van der Waals surface area contributed by atoms with E-state index < -0.39 is 5.97 Å². The van der Waals surface area contributed by atoms with Crippen LogP contribution < -0.4 is 5.43 Å². The van der Waals surface area contributed by atoms with Crippen LogP contribution in [0.4, 0.5) is 0 Å². The molecule has 0 atom stereocenters. The summed E-state index contributed by atoms with van der Waals surface area (Å²) in [7, 11) is 0. The molecule has 0 unspecified atom stereocenters. The Labute approximate surface area is 116 Å². The lowest BCUT2D eigenvalue weighted by molar-refractivity contribution is 0.0699. The number of carbonyl (C=O) groups is 1. The molecule has 0 aliphatic carbocycles. The highest BCUT2D eigenvalue weighted by Gasteiger charge is 2.15. The first-order valence-corrected chi connectivity index (χ1v) is 6.66. The summed E-state index contributed by atoms with van der Waals surface area (Å²) in [6.45, 7) is 0. The average Bonchev–Trinajstić information content (AvgIpc) is 2.37. The van der Waals surface area contributed by atoms with Crippen molar-refractivity contribution in [2.45, 2.75) is 0 Å². The Balaban J connectivity index is 2.62. The van der Waals surface area contributed by atoms with Gasteiger partial charge in [0.05, 0.1) is 10.9 Å². The summed E-state index contributed by atoms with van der Waals surface area (Å²) in [5, 5.41) is 10.3. The van der Waals surface area contributed by atoms with Crippen LogP contribution in [0.1, 0.15) is 10.4 Å². The highest BCUT2D eigenvalue weighted by Crippen LogP contribution is 2.29. The zero-order chi connectivity index (χ0) is 13.6. The molecule has 0 saturated heterocycles. The topological polar surface area (TPSA) is 54.4 Å². The second kappa shape index (κ2) is 4.33. The van der Waals surface area contributed by atoms with E-state index in [2.05, 4.69) is 0 Å². The Kier molecular flexibility index (Phi) is 2.77. The number of halogens is 1. The van der Waals surface area contributed by atoms with Crippen molar-refractivity contribution < 1.29 is 9.90 Å². The van der Waals surface area contributed by atoms with Crippen LogP contribution in [0.3, 0.4) is 0 Å². The molecule has 0 amide bonds. The van der Waals surface area contributed by atoms with Crippen molar-refractivity contribution in [3.05, 3.63) is 57.2 Å². The summed E-state index contributed by atoms with van der Waals surface area (Å²) < 4.78 is 1.41. The van der Waals surface area contributed by atoms with Crippen LogP contribution in [0, 0.1) is 0 Å². The van der Waals surface area contributed by atoms with Crippen molar-refractivity contribution >= 4 is 49.1 Å². The molecule has 5 heteroatoms. The first-order valence-electron chi connectivity index (χ1n) is 5.46. The van der Waals surface area contributed by atoms with Crippen molar-refractivity contribution in [3.63, 3.8) is 0 Å². The van der Waals surface area contributed by atoms with Crippen LogP contribution in [0.2, 0.25) is 5.02 Å². The highest BCUT2D eigenvalue weighted by molar-refractivity contribution is 7.24. The summed E-state index contributed by atoms with van der Waals surface area (Å²) in [5.41, 5.74) is -0.312. The smallest absolute Gasteiger partial charge is 0.336 e. The van der Waals surface area contributed by atoms with Crippen LogP contribution in [-0.2, 0) is 0 Å². The van der Waals surface area contributed by atoms with E-state index in [1.807, 2.05) is 12.1 Å². The first-order chi connectivity index (χ1) is 9.08. The molecule has 2 aromatic carbocycles. The molecule has 0 aliphatic rings. The number of rotatable bonds is 1. The molecule has 3 nitrogen and oxygen atoms in total. The number of hydrogen-bond acceptors (Lipinski definition) is 3. The molecule has 1 N–H and O–H groups in total. The number of carboxylic acids is 1. The van der Waals surface area contributed by atoms with Crippen molar-refractivity contribution in [2.75, 3.05) is 0 Å². The fourth-order valence-corrected chi connectivity index (χ4v) is 3.49. The van der Waals surface area contributed by atoms with Gasteiger partial charge in [-0.25, -0.2) is 4.79 Å². The molecule has 0 saturated carbocycles. The zero-order valence-electron chi connectivity index (χ0n) is 9.51. The lowest BCUT2D eigenvalue weighted by Crippen LogP contribution is -2.08. The summed E-state index contributed by atoms with van der Waals surface area (Å²) in [5.74, 6) is -1.15. The van der Waals surface area contributed by atoms with E-state index in [-0.39, 0.29) is 16.4 Å². The molecule has 19 heavy (non-hydrogen) atoms. The summed E-state index contributed by atoms with van der Waals surface area (Å²) >= 11 is 7.28. The SMILES string of the molecule is O=C(O)c1cc(Cl)cc2sc3ccccc3c(=O)c12. The maximum absolute atomic E-state index is 12.4. The number of hydrogen-bond donors (Lipinski definition) is 1. The molecule has 1 heterocycles. The molecule has 0 spiro atoms. The van der Waals surface area contributed by atoms with Gasteiger partial charge in [-0.2, -0.15) is 0 Å². The maximum atomic E-state index is 12.4. The molecule has 0 aliphatic heterocycles. The maximum Gasteiger partial charge on any atom is 0.336 e. The van der Waals surface area contributed by atoms with Gasteiger partial charge in [-0.15, -0.1) is 11.3 Å². The van der Waals surface area contributed by atoms with Gasteiger partial charge in [-0.1, -0.05) is 23.7 Å². The van der Waals surface area contributed by atoms with E-state index in [1.165, 1.54) is 17.4 Å². The minimum absolute atomic E-state index is 0.0468. The molecular formula is C14H7ClO3S. The van der Waals surface area contributed by atoms with E-state index in [0.717, 1.165) is 4.70 Å². The predicted molar refractivity (Wildman–Crippen MR) is 77.6 cm³/mol. The Bertz CT molecular complexity index is 883. The standard InChI is InChI=1S/C14H7ClO3S/c15-7-5-9(14(17)18)12-11(6-7)19-10-4-2-1-3-8(10)13(12)16/h1-6H,(H,17,18). The fraction of sp³-hybridized carbons (Fsp3) is 0. The largest absolute Gasteiger partial charge is 0.478 e. The van der Waals surface area contributed by atoms with E-state index in [1.54, 1.807) is 18.2 Å². The van der Waals surface area contributed by atoms with E-state index in [4.69, 9.17) is 11.6 Å². The van der Waals surface area contributed by atoms with Crippen LogP contribution in [0.15, 0.2) is 41.2 Å². The molecule has 3 aromatic rings. The Morgan fingerprint density at radius 3 is 2.63 bits per heavy atom. The van der Waals surface area contributed by atoms with E-state index in [0.29, 0.717) is 15.1 Å². The number of aromatic carboxylic acids is 1. The van der Waals surface area contributed by atoms with E-state index >= 15 is 0 Å². The van der Waals surface area contributed by atoms with E-state index in [9.17, 15) is 14.7 Å². The summed E-state index contributed by atoms with van der Waals surface area (Å²) in [6, 6.07) is 10.1. The lowest BCUT2D eigenvalue weighted by Gasteiger charge is -2.04. The second-order valence-corrected chi connectivity index (χ2v) is 5.58. The van der Waals surface area contributed by atoms with Crippen molar-refractivity contribution in [3.8, 4) is 0 Å². The number of fused-ring (bicyclic) bond motifs is 2. The highest BCUT2D eigenvalue weighted by atomic mass is 35.5. The van der Waals surface area contributed by atoms with Gasteiger partial charge < -0.3 is 5.11 Å². The molecule has 3 rings (SSSR count). The van der Waals surface area contributed by atoms with Crippen molar-refractivity contribution in [1.29, 1.82) is 0 Å². The normalized spacial score (nSPS) is 11.0. The number of benzene rings is 2.